The molecule has 1 saturated heterocycles. The maximum Gasteiger partial charge on any atom is 0.0547 e. The fraction of sp³-hybridized carbons (Fsp3) is 0.667. The second-order valence-electron chi connectivity index (χ2n) is 5.61. The molecule has 2 aliphatic rings. The number of likely N-dealkylation sites (tertiary alicyclic amines) is 1. The molecule has 1 N–H and O–H groups in total. The molecule has 3 rings (SSSR count). The van der Waals surface area contributed by atoms with Gasteiger partial charge in [-0.25, -0.2) is 0 Å². The summed E-state index contributed by atoms with van der Waals surface area (Å²) in [4.78, 5) is 7.29. The van der Waals surface area contributed by atoms with Crippen LogP contribution in [0.15, 0.2) is 18.2 Å². The van der Waals surface area contributed by atoms with E-state index in [2.05, 4.69) is 28.4 Å². The summed E-state index contributed by atoms with van der Waals surface area (Å²) in [6, 6.07) is 7.21. The largest absolute Gasteiger partial charge is 0.308 e. The zero-order valence-corrected chi connectivity index (χ0v) is 11.1. The predicted molar refractivity (Wildman–Crippen MR) is 73.2 cm³/mol. The highest BCUT2D eigenvalue weighted by molar-refractivity contribution is 5.11. The molecule has 1 aliphatic heterocycles. The molecular formula is C15H23N3. The third-order valence-electron chi connectivity index (χ3n) is 3.85. The SMILES string of the molecule is c1cc(CNC2CC2)nc(CN2CCCCC2)c1. The molecule has 98 valence electrons. The van der Waals surface area contributed by atoms with Crippen LogP contribution >= 0.6 is 0 Å². The van der Waals surface area contributed by atoms with Crippen LogP contribution in [0.25, 0.3) is 0 Å². The Labute approximate surface area is 110 Å². The molecule has 0 spiro atoms. The van der Waals surface area contributed by atoms with E-state index in [4.69, 9.17) is 4.98 Å². The number of pyridine rings is 1. The number of hydrogen-bond acceptors (Lipinski definition) is 3. The molecule has 0 bridgehead atoms. The van der Waals surface area contributed by atoms with Gasteiger partial charge in [0, 0.05) is 19.1 Å². The van der Waals surface area contributed by atoms with Crippen molar-refractivity contribution in [3.05, 3.63) is 29.6 Å². The van der Waals surface area contributed by atoms with Crippen LogP contribution in [0.3, 0.4) is 0 Å². The lowest BCUT2D eigenvalue weighted by molar-refractivity contribution is 0.218. The summed E-state index contributed by atoms with van der Waals surface area (Å²) >= 11 is 0. The number of piperidine rings is 1. The average molecular weight is 245 g/mol. The van der Waals surface area contributed by atoms with Crippen LogP contribution in [-0.2, 0) is 13.1 Å². The normalized spacial score (nSPS) is 21.1. The highest BCUT2D eigenvalue weighted by Gasteiger charge is 2.20. The Morgan fingerprint density at radius 3 is 2.67 bits per heavy atom. The minimum absolute atomic E-state index is 0.762. The number of aromatic nitrogens is 1. The van der Waals surface area contributed by atoms with E-state index in [0.29, 0.717) is 0 Å². The Hall–Kier alpha value is -0.930. The lowest BCUT2D eigenvalue weighted by atomic mass is 10.1. The lowest BCUT2D eigenvalue weighted by Gasteiger charge is -2.26. The van der Waals surface area contributed by atoms with Crippen LogP contribution in [0.4, 0.5) is 0 Å². The van der Waals surface area contributed by atoms with Gasteiger partial charge in [-0.2, -0.15) is 0 Å². The summed E-state index contributed by atoms with van der Waals surface area (Å²) in [5, 5.41) is 3.53. The number of nitrogens with one attached hydrogen (secondary N) is 1. The van der Waals surface area contributed by atoms with Crippen LogP contribution < -0.4 is 5.32 Å². The monoisotopic (exact) mass is 245 g/mol. The van der Waals surface area contributed by atoms with Crippen LogP contribution in [0, 0.1) is 0 Å². The van der Waals surface area contributed by atoms with E-state index in [1.165, 1.54) is 56.6 Å². The Morgan fingerprint density at radius 1 is 1.11 bits per heavy atom. The number of hydrogen-bond donors (Lipinski definition) is 1. The van der Waals surface area contributed by atoms with Crippen LogP contribution in [-0.4, -0.2) is 29.0 Å². The summed E-state index contributed by atoms with van der Waals surface area (Å²) in [5.74, 6) is 0. The molecular weight excluding hydrogens is 222 g/mol. The molecule has 1 aromatic rings. The van der Waals surface area contributed by atoms with E-state index in [0.717, 1.165) is 19.1 Å². The third kappa shape index (κ3) is 3.53. The first-order valence-electron chi connectivity index (χ1n) is 7.31. The van der Waals surface area contributed by atoms with Gasteiger partial charge in [-0.3, -0.25) is 9.88 Å². The second kappa shape index (κ2) is 5.81. The molecule has 2 heterocycles. The van der Waals surface area contributed by atoms with Crippen LogP contribution in [0.2, 0.25) is 0 Å². The van der Waals surface area contributed by atoms with Crippen molar-refractivity contribution in [2.45, 2.75) is 51.2 Å². The Balaban J connectivity index is 1.55. The van der Waals surface area contributed by atoms with Gasteiger partial charge in [0.2, 0.25) is 0 Å². The first-order valence-corrected chi connectivity index (χ1v) is 7.31. The molecule has 0 atom stereocenters. The fourth-order valence-electron chi connectivity index (χ4n) is 2.60. The Morgan fingerprint density at radius 2 is 1.89 bits per heavy atom. The van der Waals surface area contributed by atoms with E-state index < -0.39 is 0 Å². The lowest BCUT2D eigenvalue weighted by Crippen LogP contribution is -2.29. The molecule has 2 fully saturated rings. The Bertz CT molecular complexity index is 381. The fourth-order valence-corrected chi connectivity index (χ4v) is 2.60. The van der Waals surface area contributed by atoms with Crippen molar-refractivity contribution in [2.75, 3.05) is 13.1 Å². The third-order valence-corrected chi connectivity index (χ3v) is 3.85. The van der Waals surface area contributed by atoms with Crippen molar-refractivity contribution in [1.82, 2.24) is 15.2 Å². The van der Waals surface area contributed by atoms with Gasteiger partial charge in [-0.1, -0.05) is 12.5 Å². The molecule has 3 nitrogen and oxygen atoms in total. The predicted octanol–water partition coefficient (Wildman–Crippen LogP) is 2.32. The van der Waals surface area contributed by atoms with Crippen molar-refractivity contribution >= 4 is 0 Å². The maximum absolute atomic E-state index is 4.76. The van der Waals surface area contributed by atoms with E-state index in [9.17, 15) is 0 Å². The van der Waals surface area contributed by atoms with Gasteiger partial charge >= 0.3 is 0 Å². The molecule has 0 radical (unpaired) electrons. The zero-order chi connectivity index (χ0) is 12.2. The summed E-state index contributed by atoms with van der Waals surface area (Å²) in [7, 11) is 0. The first-order chi connectivity index (χ1) is 8.90. The zero-order valence-electron chi connectivity index (χ0n) is 11.1. The average Bonchev–Trinajstić information content (AvgIpc) is 3.22. The maximum atomic E-state index is 4.76. The minimum Gasteiger partial charge on any atom is -0.308 e. The molecule has 0 unspecified atom stereocenters. The van der Waals surface area contributed by atoms with Crippen molar-refractivity contribution in [3.63, 3.8) is 0 Å². The highest BCUT2D eigenvalue weighted by Crippen LogP contribution is 2.19. The summed E-state index contributed by atoms with van der Waals surface area (Å²) in [5.41, 5.74) is 2.42. The standard InChI is InChI=1S/C15H23N3/c1-2-9-18(10-3-1)12-15-6-4-5-14(17-15)11-16-13-7-8-13/h4-6,13,16H,1-3,7-12H2. The summed E-state index contributed by atoms with van der Waals surface area (Å²) < 4.78 is 0. The molecule has 0 amide bonds. The van der Waals surface area contributed by atoms with Gasteiger partial charge < -0.3 is 5.32 Å². The first kappa shape index (κ1) is 12.1. The Kier molecular flexibility index (Phi) is 3.91. The van der Waals surface area contributed by atoms with Crippen LogP contribution in [0.5, 0.6) is 0 Å². The number of rotatable bonds is 5. The molecule has 3 heteroatoms. The minimum atomic E-state index is 0.762. The second-order valence-corrected chi connectivity index (χ2v) is 5.61. The summed E-state index contributed by atoms with van der Waals surface area (Å²) in [6.45, 7) is 4.44. The van der Waals surface area contributed by atoms with Crippen molar-refractivity contribution in [3.8, 4) is 0 Å². The van der Waals surface area contributed by atoms with Crippen molar-refractivity contribution in [1.29, 1.82) is 0 Å². The molecule has 1 aliphatic carbocycles. The van der Waals surface area contributed by atoms with E-state index in [-0.39, 0.29) is 0 Å². The van der Waals surface area contributed by atoms with Gasteiger partial charge in [0.25, 0.3) is 0 Å². The molecule has 1 saturated carbocycles. The molecule has 0 aromatic carbocycles. The van der Waals surface area contributed by atoms with Crippen LogP contribution in [0.1, 0.15) is 43.5 Å². The molecule has 18 heavy (non-hydrogen) atoms. The topological polar surface area (TPSA) is 28.2 Å². The van der Waals surface area contributed by atoms with Gasteiger partial charge in [0.15, 0.2) is 0 Å². The summed E-state index contributed by atoms with van der Waals surface area (Å²) in [6.07, 6.45) is 6.78. The highest BCUT2D eigenvalue weighted by atomic mass is 15.1. The van der Waals surface area contributed by atoms with E-state index >= 15 is 0 Å². The smallest absolute Gasteiger partial charge is 0.0547 e. The van der Waals surface area contributed by atoms with Gasteiger partial charge in [0.1, 0.15) is 0 Å². The molecule has 1 aromatic heterocycles. The number of nitrogens with zero attached hydrogens (tertiary/aromatic N) is 2. The van der Waals surface area contributed by atoms with Gasteiger partial charge in [-0.05, 0) is 50.9 Å². The van der Waals surface area contributed by atoms with Crippen molar-refractivity contribution < 1.29 is 0 Å². The quantitative estimate of drug-likeness (QED) is 0.863. The van der Waals surface area contributed by atoms with Crippen molar-refractivity contribution in [2.24, 2.45) is 0 Å². The van der Waals surface area contributed by atoms with Gasteiger partial charge in [0.05, 0.1) is 11.4 Å². The van der Waals surface area contributed by atoms with E-state index in [1.807, 2.05) is 0 Å². The van der Waals surface area contributed by atoms with Gasteiger partial charge in [-0.15, -0.1) is 0 Å². The van der Waals surface area contributed by atoms with E-state index in [1.54, 1.807) is 0 Å².